The molecule has 39 heavy (non-hydrogen) atoms. The third-order valence-electron chi connectivity index (χ3n) is 5.43. The van der Waals surface area contributed by atoms with Gasteiger partial charge in [0.2, 0.25) is 0 Å². The molecule has 0 heterocycles. The van der Waals surface area contributed by atoms with Crippen molar-refractivity contribution in [1.29, 1.82) is 0 Å². The fourth-order valence-corrected chi connectivity index (χ4v) is 3.62. The van der Waals surface area contributed by atoms with Gasteiger partial charge in [0, 0.05) is 5.39 Å². The molecule has 15 heteroatoms. The van der Waals surface area contributed by atoms with E-state index in [2.05, 4.69) is 0 Å². The summed E-state index contributed by atoms with van der Waals surface area (Å²) in [4.78, 5) is 24.2. The van der Waals surface area contributed by atoms with Crippen molar-refractivity contribution in [3.05, 3.63) is 77.1 Å². The number of alkyl halides is 9. The van der Waals surface area contributed by atoms with Crippen LogP contribution in [-0.2, 0) is 17.6 Å². The molecule has 0 unspecified atom stereocenters. The average Bonchev–Trinajstić information content (AvgIpc) is 2.79. The molecule has 210 valence electrons. The Kier molecular flexibility index (Phi) is 8.03. The Labute approximate surface area is 212 Å². The summed E-state index contributed by atoms with van der Waals surface area (Å²) in [6.45, 7) is -0.537. The lowest BCUT2D eigenvalue weighted by Gasteiger charge is -2.28. The van der Waals surface area contributed by atoms with E-state index in [0.717, 1.165) is 54.6 Å². The monoisotopic (exact) mass is 571 g/mol. The summed E-state index contributed by atoms with van der Waals surface area (Å²) in [6, 6.07) is 4.87. The van der Waals surface area contributed by atoms with Gasteiger partial charge in [-0.2, -0.15) is 39.5 Å². The maximum atomic E-state index is 13.7. The van der Waals surface area contributed by atoms with Crippen molar-refractivity contribution in [1.82, 2.24) is 5.32 Å². The van der Waals surface area contributed by atoms with Crippen LogP contribution in [0, 0.1) is 11.7 Å². The minimum Gasteiger partial charge on any atom is -0.487 e. The first kappa shape index (κ1) is 29.5. The molecular formula is C24H15F10NO4. The van der Waals surface area contributed by atoms with Gasteiger partial charge in [0.25, 0.3) is 5.91 Å². The molecule has 0 aromatic heterocycles. The van der Waals surface area contributed by atoms with Crippen LogP contribution in [0.4, 0.5) is 43.9 Å². The van der Waals surface area contributed by atoms with E-state index in [4.69, 9.17) is 9.84 Å². The molecule has 0 aliphatic heterocycles. The molecule has 2 N–H and O–H groups in total. The van der Waals surface area contributed by atoms with Crippen LogP contribution < -0.4 is 10.1 Å². The molecule has 0 aliphatic rings. The maximum absolute atomic E-state index is 13.7. The second-order valence-electron chi connectivity index (χ2n) is 8.14. The van der Waals surface area contributed by atoms with Crippen LogP contribution in [0.5, 0.6) is 5.75 Å². The lowest BCUT2D eigenvalue weighted by molar-refractivity contribution is -0.290. The van der Waals surface area contributed by atoms with Gasteiger partial charge < -0.3 is 15.2 Å². The molecule has 0 radical (unpaired) electrons. The number of aliphatic carboxylic acids is 1. The SMILES string of the molecule is O=C(N[C@H](C(=O)O)C(C(F)(F)F)C(F)(F)F)c1ccc2cc(F)ccc2c1OCc1ccc(C(F)(F)F)cc1. The van der Waals surface area contributed by atoms with Gasteiger partial charge in [0.15, 0.2) is 5.92 Å². The highest BCUT2D eigenvalue weighted by Gasteiger charge is 2.62. The van der Waals surface area contributed by atoms with Gasteiger partial charge in [0.1, 0.15) is 24.2 Å². The smallest absolute Gasteiger partial charge is 0.416 e. The van der Waals surface area contributed by atoms with Gasteiger partial charge in [-0.1, -0.05) is 18.2 Å². The zero-order chi connectivity index (χ0) is 29.3. The Balaban J connectivity index is 2.01. The first-order valence-electron chi connectivity index (χ1n) is 10.6. The predicted molar refractivity (Wildman–Crippen MR) is 114 cm³/mol. The zero-order valence-electron chi connectivity index (χ0n) is 19.0. The van der Waals surface area contributed by atoms with Crippen molar-refractivity contribution in [3.8, 4) is 5.75 Å². The molecule has 0 saturated heterocycles. The number of halogens is 10. The molecule has 3 aromatic rings. The van der Waals surface area contributed by atoms with E-state index >= 15 is 0 Å². The third-order valence-corrected chi connectivity index (χ3v) is 5.43. The highest BCUT2D eigenvalue weighted by atomic mass is 19.4. The largest absolute Gasteiger partial charge is 0.487 e. The fourth-order valence-electron chi connectivity index (χ4n) is 3.62. The molecule has 0 saturated carbocycles. The minimum atomic E-state index is -6.10. The lowest BCUT2D eigenvalue weighted by Crippen LogP contribution is -2.56. The summed E-state index contributed by atoms with van der Waals surface area (Å²) in [6.07, 6.45) is -16.8. The number of hydrogen-bond acceptors (Lipinski definition) is 3. The molecule has 0 fully saturated rings. The quantitative estimate of drug-likeness (QED) is 0.318. The van der Waals surface area contributed by atoms with Crippen LogP contribution in [0.2, 0.25) is 0 Å². The van der Waals surface area contributed by atoms with Gasteiger partial charge in [-0.25, -0.2) is 9.18 Å². The molecule has 0 aliphatic carbocycles. The molecule has 1 amide bonds. The number of amides is 1. The second-order valence-corrected chi connectivity index (χ2v) is 8.14. The Hall–Kier alpha value is -4.04. The Bertz CT molecular complexity index is 1350. The topological polar surface area (TPSA) is 75.6 Å². The summed E-state index contributed by atoms with van der Waals surface area (Å²) < 4.78 is 136. The van der Waals surface area contributed by atoms with E-state index in [9.17, 15) is 53.5 Å². The Morgan fingerprint density at radius 2 is 1.44 bits per heavy atom. The van der Waals surface area contributed by atoms with Crippen molar-refractivity contribution in [2.75, 3.05) is 0 Å². The lowest BCUT2D eigenvalue weighted by atomic mass is 9.97. The summed E-state index contributed by atoms with van der Waals surface area (Å²) >= 11 is 0. The van der Waals surface area contributed by atoms with Crippen molar-refractivity contribution >= 4 is 22.6 Å². The van der Waals surface area contributed by atoms with Crippen LogP contribution in [0.3, 0.4) is 0 Å². The van der Waals surface area contributed by atoms with E-state index in [1.165, 1.54) is 5.32 Å². The van der Waals surface area contributed by atoms with Gasteiger partial charge >= 0.3 is 24.5 Å². The van der Waals surface area contributed by atoms with E-state index in [-0.39, 0.29) is 16.3 Å². The highest BCUT2D eigenvalue weighted by Crippen LogP contribution is 2.42. The number of carboxylic acids is 1. The van der Waals surface area contributed by atoms with E-state index in [0.29, 0.717) is 0 Å². The molecule has 5 nitrogen and oxygen atoms in total. The molecule has 0 spiro atoms. The normalized spacial score (nSPS) is 13.4. The van der Waals surface area contributed by atoms with Crippen molar-refractivity contribution in [3.63, 3.8) is 0 Å². The van der Waals surface area contributed by atoms with Gasteiger partial charge in [-0.05, 0) is 47.3 Å². The minimum absolute atomic E-state index is 0.0500. The van der Waals surface area contributed by atoms with Crippen LogP contribution >= 0.6 is 0 Å². The van der Waals surface area contributed by atoms with Crippen LogP contribution in [0.25, 0.3) is 10.8 Å². The second kappa shape index (κ2) is 10.6. The van der Waals surface area contributed by atoms with Crippen molar-refractivity contribution in [2.45, 2.75) is 31.2 Å². The van der Waals surface area contributed by atoms with Gasteiger partial charge in [-0.15, -0.1) is 0 Å². The molecule has 1 atom stereocenters. The first-order chi connectivity index (χ1) is 17.9. The maximum Gasteiger partial charge on any atom is 0.416 e. The fraction of sp³-hybridized carbons (Fsp3) is 0.250. The number of benzene rings is 3. The summed E-state index contributed by atoms with van der Waals surface area (Å²) in [5.74, 6) is -10.0. The summed E-state index contributed by atoms with van der Waals surface area (Å²) in [5.41, 5.74) is -1.59. The third kappa shape index (κ3) is 6.89. The molecular weight excluding hydrogens is 556 g/mol. The van der Waals surface area contributed by atoms with E-state index in [1.54, 1.807) is 0 Å². The van der Waals surface area contributed by atoms with Gasteiger partial charge in [-0.3, -0.25) is 4.79 Å². The van der Waals surface area contributed by atoms with Crippen LogP contribution in [0.1, 0.15) is 21.5 Å². The van der Waals surface area contributed by atoms with Crippen LogP contribution in [-0.4, -0.2) is 35.4 Å². The Morgan fingerprint density at radius 3 is 1.95 bits per heavy atom. The number of carbonyl (C=O) groups excluding carboxylic acids is 1. The zero-order valence-corrected chi connectivity index (χ0v) is 19.0. The number of carboxylic acid groups (broad SMARTS) is 1. The number of hydrogen-bond donors (Lipinski definition) is 2. The van der Waals surface area contributed by atoms with Crippen molar-refractivity contribution < 1.29 is 63.3 Å². The van der Waals surface area contributed by atoms with Gasteiger partial charge in [0.05, 0.1) is 11.1 Å². The molecule has 3 rings (SSSR count). The van der Waals surface area contributed by atoms with E-state index < -0.39 is 71.7 Å². The number of rotatable bonds is 7. The van der Waals surface area contributed by atoms with E-state index in [1.807, 2.05) is 0 Å². The predicted octanol–water partition coefficient (Wildman–Crippen LogP) is 6.50. The average molecular weight is 571 g/mol. The Morgan fingerprint density at radius 1 is 0.846 bits per heavy atom. The number of carbonyl (C=O) groups is 2. The number of ether oxygens (including phenoxy) is 1. The highest BCUT2D eigenvalue weighted by molar-refractivity contribution is 6.05. The van der Waals surface area contributed by atoms with Crippen molar-refractivity contribution in [2.24, 2.45) is 5.92 Å². The first-order valence-corrected chi connectivity index (χ1v) is 10.6. The molecule has 0 bridgehead atoms. The standard InChI is InChI=1S/C24H15F10NO4/c25-14-6-8-15-12(9-14)3-7-16(18(15)39-10-11-1-4-13(5-2-11)22(26,27)28)20(36)35-17(21(37)38)19(23(29,30)31)24(32,33)34/h1-9,17,19H,10H2,(H,35,36)(H,37,38)/t17-/m0/s1. The summed E-state index contributed by atoms with van der Waals surface area (Å²) in [5, 5.41) is 10.4. The van der Waals surface area contributed by atoms with Crippen LogP contribution in [0.15, 0.2) is 54.6 Å². The number of nitrogens with one attached hydrogen (secondary N) is 1. The number of fused-ring (bicyclic) bond motifs is 1. The summed E-state index contributed by atoms with van der Waals surface area (Å²) in [7, 11) is 0. The molecule has 3 aromatic carbocycles.